The molecule has 0 spiro atoms. The summed E-state index contributed by atoms with van der Waals surface area (Å²) >= 11 is 0. The molecule has 3 N–H and O–H groups in total. The molecule has 16 heavy (non-hydrogen) atoms. The third kappa shape index (κ3) is 3.66. The van der Waals surface area contributed by atoms with Crippen LogP contribution >= 0.6 is 0 Å². The van der Waals surface area contributed by atoms with Crippen LogP contribution in [0.1, 0.15) is 29.3 Å². The fourth-order valence-corrected chi connectivity index (χ4v) is 1.58. The quantitative estimate of drug-likeness (QED) is 0.793. The van der Waals surface area contributed by atoms with Crippen molar-refractivity contribution in [1.82, 2.24) is 5.32 Å². The third-order valence-corrected chi connectivity index (χ3v) is 2.66. The molecule has 1 unspecified atom stereocenters. The van der Waals surface area contributed by atoms with Gasteiger partial charge in [-0.15, -0.1) is 0 Å². The Morgan fingerprint density at radius 3 is 2.75 bits per heavy atom. The van der Waals surface area contributed by atoms with Crippen LogP contribution in [-0.4, -0.2) is 19.0 Å². The van der Waals surface area contributed by atoms with E-state index in [-0.39, 0.29) is 5.91 Å². The number of aryl methyl sites for hydroxylation is 1. The number of nitrogens with one attached hydrogen (secondary N) is 1. The third-order valence-electron chi connectivity index (χ3n) is 2.66. The lowest BCUT2D eigenvalue weighted by Crippen LogP contribution is -2.29. The fraction of sp³-hybridized carbons (Fsp3) is 0.462. The van der Waals surface area contributed by atoms with Gasteiger partial charge in [-0.1, -0.05) is 25.1 Å². The Balaban J connectivity index is 2.50. The number of benzene rings is 1. The molecule has 0 saturated heterocycles. The standard InChI is InChI=1S/C13H20N2O/c1-10(7-8-14)9-15-13(16)12-6-4-3-5-11(12)2/h3-6,10H,7-9,14H2,1-2H3,(H,15,16). The highest BCUT2D eigenvalue weighted by Gasteiger charge is 2.08. The number of hydrogen-bond donors (Lipinski definition) is 2. The summed E-state index contributed by atoms with van der Waals surface area (Å²) in [7, 11) is 0. The Morgan fingerprint density at radius 1 is 1.44 bits per heavy atom. The summed E-state index contributed by atoms with van der Waals surface area (Å²) in [6.45, 7) is 5.38. The molecule has 3 nitrogen and oxygen atoms in total. The first-order valence-electron chi connectivity index (χ1n) is 5.69. The van der Waals surface area contributed by atoms with Crippen LogP contribution in [0, 0.1) is 12.8 Å². The van der Waals surface area contributed by atoms with Gasteiger partial charge >= 0.3 is 0 Å². The van der Waals surface area contributed by atoms with Gasteiger partial charge in [0, 0.05) is 12.1 Å². The van der Waals surface area contributed by atoms with E-state index in [1.54, 1.807) is 0 Å². The summed E-state index contributed by atoms with van der Waals surface area (Å²) < 4.78 is 0. The molecule has 0 aliphatic carbocycles. The zero-order valence-corrected chi connectivity index (χ0v) is 9.99. The summed E-state index contributed by atoms with van der Waals surface area (Å²) in [4.78, 5) is 11.8. The van der Waals surface area contributed by atoms with E-state index in [1.807, 2.05) is 31.2 Å². The largest absolute Gasteiger partial charge is 0.352 e. The van der Waals surface area contributed by atoms with Gasteiger partial charge in [0.05, 0.1) is 0 Å². The van der Waals surface area contributed by atoms with Crippen molar-refractivity contribution < 1.29 is 4.79 Å². The predicted molar refractivity (Wildman–Crippen MR) is 66.3 cm³/mol. The highest BCUT2D eigenvalue weighted by molar-refractivity contribution is 5.95. The van der Waals surface area contributed by atoms with Crippen molar-refractivity contribution in [2.45, 2.75) is 20.3 Å². The summed E-state index contributed by atoms with van der Waals surface area (Å²) in [6, 6.07) is 7.60. The summed E-state index contributed by atoms with van der Waals surface area (Å²) in [5, 5.41) is 2.93. The monoisotopic (exact) mass is 220 g/mol. The van der Waals surface area contributed by atoms with Crippen LogP contribution in [0.15, 0.2) is 24.3 Å². The van der Waals surface area contributed by atoms with E-state index < -0.39 is 0 Å². The van der Waals surface area contributed by atoms with Crippen molar-refractivity contribution >= 4 is 5.91 Å². The lowest BCUT2D eigenvalue weighted by atomic mass is 10.1. The van der Waals surface area contributed by atoms with Crippen LogP contribution in [0.3, 0.4) is 0 Å². The van der Waals surface area contributed by atoms with Crippen molar-refractivity contribution in [3.05, 3.63) is 35.4 Å². The average Bonchev–Trinajstić information content (AvgIpc) is 2.27. The molecule has 0 heterocycles. The maximum atomic E-state index is 11.8. The Hall–Kier alpha value is -1.35. The minimum atomic E-state index is 0.00183. The van der Waals surface area contributed by atoms with Crippen molar-refractivity contribution in [3.63, 3.8) is 0 Å². The zero-order chi connectivity index (χ0) is 12.0. The zero-order valence-electron chi connectivity index (χ0n) is 9.99. The van der Waals surface area contributed by atoms with E-state index in [4.69, 9.17) is 5.73 Å². The molecular weight excluding hydrogens is 200 g/mol. The van der Waals surface area contributed by atoms with Gasteiger partial charge < -0.3 is 11.1 Å². The number of nitrogens with two attached hydrogens (primary N) is 1. The second-order valence-electron chi connectivity index (χ2n) is 4.21. The predicted octanol–water partition coefficient (Wildman–Crippen LogP) is 1.71. The number of amides is 1. The van der Waals surface area contributed by atoms with E-state index in [2.05, 4.69) is 12.2 Å². The highest BCUT2D eigenvalue weighted by atomic mass is 16.1. The fourth-order valence-electron chi connectivity index (χ4n) is 1.58. The SMILES string of the molecule is Cc1ccccc1C(=O)NCC(C)CCN. The Bertz CT molecular complexity index is 350. The maximum Gasteiger partial charge on any atom is 0.251 e. The molecule has 0 fully saturated rings. The van der Waals surface area contributed by atoms with Crippen molar-refractivity contribution in [2.75, 3.05) is 13.1 Å². The van der Waals surface area contributed by atoms with Crippen LogP contribution < -0.4 is 11.1 Å². The minimum Gasteiger partial charge on any atom is -0.352 e. The molecule has 1 rings (SSSR count). The molecule has 88 valence electrons. The smallest absolute Gasteiger partial charge is 0.251 e. The van der Waals surface area contributed by atoms with Gasteiger partial charge in [0.2, 0.25) is 0 Å². The van der Waals surface area contributed by atoms with Crippen molar-refractivity contribution in [2.24, 2.45) is 11.7 Å². The normalized spacial score (nSPS) is 12.2. The highest BCUT2D eigenvalue weighted by Crippen LogP contribution is 2.07. The van der Waals surface area contributed by atoms with Crippen LogP contribution in [-0.2, 0) is 0 Å². The van der Waals surface area contributed by atoms with Gasteiger partial charge in [0.15, 0.2) is 0 Å². The molecule has 1 amide bonds. The molecule has 3 heteroatoms. The van der Waals surface area contributed by atoms with Crippen LogP contribution in [0.2, 0.25) is 0 Å². The minimum absolute atomic E-state index is 0.00183. The summed E-state index contributed by atoms with van der Waals surface area (Å²) in [6.07, 6.45) is 0.939. The van der Waals surface area contributed by atoms with Crippen LogP contribution in [0.4, 0.5) is 0 Å². The number of carbonyl (C=O) groups excluding carboxylic acids is 1. The lowest BCUT2D eigenvalue weighted by molar-refractivity contribution is 0.0947. The topological polar surface area (TPSA) is 55.1 Å². The summed E-state index contributed by atoms with van der Waals surface area (Å²) in [5.41, 5.74) is 7.22. The molecule has 1 atom stereocenters. The Kier molecular flexibility index (Phi) is 4.99. The van der Waals surface area contributed by atoms with Crippen LogP contribution in [0.5, 0.6) is 0 Å². The number of rotatable bonds is 5. The van der Waals surface area contributed by atoms with Crippen molar-refractivity contribution in [1.29, 1.82) is 0 Å². The van der Waals surface area contributed by atoms with Gasteiger partial charge in [-0.2, -0.15) is 0 Å². The molecule has 0 aliphatic rings. The van der Waals surface area contributed by atoms with Crippen LogP contribution in [0.25, 0.3) is 0 Å². The molecule has 1 aromatic carbocycles. The summed E-state index contributed by atoms with van der Waals surface area (Å²) in [5.74, 6) is 0.430. The van der Waals surface area contributed by atoms with Gasteiger partial charge in [-0.05, 0) is 37.4 Å². The van der Waals surface area contributed by atoms with E-state index in [9.17, 15) is 4.79 Å². The molecule has 0 aliphatic heterocycles. The van der Waals surface area contributed by atoms with E-state index in [1.165, 1.54) is 0 Å². The van der Waals surface area contributed by atoms with Crippen molar-refractivity contribution in [3.8, 4) is 0 Å². The first-order chi connectivity index (χ1) is 7.65. The molecule has 0 bridgehead atoms. The first-order valence-corrected chi connectivity index (χ1v) is 5.69. The van der Waals surface area contributed by atoms with Gasteiger partial charge in [-0.3, -0.25) is 4.79 Å². The molecule has 1 aromatic rings. The average molecular weight is 220 g/mol. The molecule has 0 saturated carbocycles. The van der Waals surface area contributed by atoms with E-state index >= 15 is 0 Å². The first kappa shape index (κ1) is 12.7. The van der Waals surface area contributed by atoms with E-state index in [0.29, 0.717) is 19.0 Å². The molecule has 0 aromatic heterocycles. The second kappa shape index (κ2) is 6.28. The Morgan fingerprint density at radius 2 is 2.12 bits per heavy atom. The maximum absolute atomic E-state index is 11.8. The number of hydrogen-bond acceptors (Lipinski definition) is 2. The Labute approximate surface area is 97.0 Å². The van der Waals surface area contributed by atoms with Gasteiger partial charge in [-0.25, -0.2) is 0 Å². The van der Waals surface area contributed by atoms with Gasteiger partial charge in [0.1, 0.15) is 0 Å². The second-order valence-corrected chi connectivity index (χ2v) is 4.21. The molecule has 0 radical (unpaired) electrons. The lowest BCUT2D eigenvalue weighted by Gasteiger charge is -2.12. The number of carbonyl (C=O) groups is 1. The van der Waals surface area contributed by atoms with E-state index in [0.717, 1.165) is 17.5 Å². The molecular formula is C13H20N2O. The van der Waals surface area contributed by atoms with Gasteiger partial charge in [0.25, 0.3) is 5.91 Å².